The third-order valence-corrected chi connectivity index (χ3v) is 5.38. The largest absolute Gasteiger partial charge is 0.487 e. The molecule has 1 aliphatic heterocycles. The molecule has 0 saturated carbocycles. The van der Waals surface area contributed by atoms with Crippen molar-refractivity contribution in [1.82, 2.24) is 4.98 Å². The molecule has 0 bridgehead atoms. The first kappa shape index (κ1) is 17.8. The Bertz CT molecular complexity index is 1040. The van der Waals surface area contributed by atoms with E-state index in [0.717, 1.165) is 34.3 Å². The Hall–Kier alpha value is -2.58. The zero-order valence-corrected chi connectivity index (χ0v) is 16.8. The van der Waals surface area contributed by atoms with Gasteiger partial charge in [0.1, 0.15) is 18.4 Å². The summed E-state index contributed by atoms with van der Waals surface area (Å²) < 4.78 is 6.80. The molecule has 2 heterocycles. The summed E-state index contributed by atoms with van der Waals surface area (Å²) in [5.41, 5.74) is 4.87. The number of nitriles is 1. The monoisotopic (exact) mass is 421 g/mol. The first-order valence-electron chi connectivity index (χ1n) is 9.12. The van der Waals surface area contributed by atoms with Crippen LogP contribution in [0.3, 0.4) is 0 Å². The number of hydrogen-bond donors (Lipinski definition) is 0. The minimum absolute atomic E-state index is 0.399. The van der Waals surface area contributed by atoms with Crippen molar-refractivity contribution in [2.45, 2.75) is 26.4 Å². The number of ether oxygens (including phenoxy) is 1. The highest BCUT2D eigenvalue weighted by molar-refractivity contribution is 9.10. The topological polar surface area (TPSA) is 49.1 Å². The van der Waals surface area contributed by atoms with Gasteiger partial charge in [0, 0.05) is 34.3 Å². The molecule has 1 aromatic heterocycles. The maximum Gasteiger partial charge on any atom is 0.138 e. The molecule has 0 spiro atoms. The number of anilines is 1. The van der Waals surface area contributed by atoms with Crippen LogP contribution in [0.2, 0.25) is 0 Å². The Morgan fingerprint density at radius 3 is 2.74 bits per heavy atom. The first-order chi connectivity index (χ1) is 13.1. The number of benzene rings is 2. The second-order valence-electron chi connectivity index (χ2n) is 6.87. The molecule has 1 saturated heterocycles. The minimum Gasteiger partial charge on any atom is -0.487 e. The Balaban J connectivity index is 1.62. The van der Waals surface area contributed by atoms with E-state index in [4.69, 9.17) is 9.72 Å². The van der Waals surface area contributed by atoms with Gasteiger partial charge in [-0.1, -0.05) is 28.1 Å². The van der Waals surface area contributed by atoms with E-state index >= 15 is 0 Å². The highest BCUT2D eigenvalue weighted by atomic mass is 79.9. The molecule has 5 heteroatoms. The average Bonchev–Trinajstić information content (AvgIpc) is 3.20. The molecule has 3 aromatic rings. The number of nitrogens with zero attached hydrogens (tertiary/aromatic N) is 3. The lowest BCUT2D eigenvalue weighted by atomic mass is 10.1. The van der Waals surface area contributed by atoms with Gasteiger partial charge < -0.3 is 9.64 Å². The fourth-order valence-electron chi connectivity index (χ4n) is 3.56. The van der Waals surface area contributed by atoms with Gasteiger partial charge in [0.05, 0.1) is 11.1 Å². The van der Waals surface area contributed by atoms with Crippen LogP contribution in [0.5, 0.6) is 5.75 Å². The van der Waals surface area contributed by atoms with Gasteiger partial charge >= 0.3 is 0 Å². The Labute approximate surface area is 167 Å². The number of hydrogen-bond acceptors (Lipinski definition) is 4. The summed E-state index contributed by atoms with van der Waals surface area (Å²) in [5.74, 6) is 0.585. The zero-order chi connectivity index (χ0) is 18.8. The third kappa shape index (κ3) is 3.77. The summed E-state index contributed by atoms with van der Waals surface area (Å²) in [6.07, 6.45) is 2.51. The van der Waals surface area contributed by atoms with Crippen LogP contribution in [-0.4, -0.2) is 18.1 Å². The SMILES string of the molecule is Cc1cc(N2CCCC2)c2ccc(COc3cc(Br)ccc3C#N)cc2n1. The number of rotatable bonds is 4. The van der Waals surface area contributed by atoms with Crippen LogP contribution in [0.1, 0.15) is 29.7 Å². The van der Waals surface area contributed by atoms with Crippen LogP contribution in [-0.2, 0) is 6.61 Å². The van der Waals surface area contributed by atoms with E-state index in [-0.39, 0.29) is 0 Å². The van der Waals surface area contributed by atoms with Gasteiger partial charge in [0.25, 0.3) is 0 Å². The maximum atomic E-state index is 9.25. The van der Waals surface area contributed by atoms with Crippen molar-refractivity contribution in [2.75, 3.05) is 18.0 Å². The fourth-order valence-corrected chi connectivity index (χ4v) is 3.90. The molecule has 4 nitrogen and oxygen atoms in total. The number of aromatic nitrogens is 1. The van der Waals surface area contributed by atoms with Gasteiger partial charge in [0.2, 0.25) is 0 Å². The number of fused-ring (bicyclic) bond motifs is 1. The lowest BCUT2D eigenvalue weighted by Gasteiger charge is -2.20. The zero-order valence-electron chi connectivity index (χ0n) is 15.2. The molecule has 0 atom stereocenters. The van der Waals surface area contributed by atoms with E-state index in [1.807, 2.05) is 19.1 Å². The molecular formula is C22H20BrN3O. The van der Waals surface area contributed by atoms with Crippen LogP contribution in [0, 0.1) is 18.3 Å². The van der Waals surface area contributed by atoms with Crippen LogP contribution < -0.4 is 9.64 Å². The maximum absolute atomic E-state index is 9.25. The van der Waals surface area contributed by atoms with E-state index in [2.05, 4.69) is 51.2 Å². The van der Waals surface area contributed by atoms with Crippen LogP contribution >= 0.6 is 15.9 Å². The van der Waals surface area contributed by atoms with E-state index in [1.54, 1.807) is 6.07 Å². The summed E-state index contributed by atoms with van der Waals surface area (Å²) in [7, 11) is 0. The molecule has 1 aliphatic rings. The Kier molecular flexibility index (Phi) is 5.00. The van der Waals surface area contributed by atoms with Crippen LogP contribution in [0.25, 0.3) is 10.9 Å². The molecule has 0 unspecified atom stereocenters. The van der Waals surface area contributed by atoms with Crippen molar-refractivity contribution in [3.8, 4) is 11.8 Å². The number of halogens is 1. The molecule has 4 rings (SSSR count). The minimum atomic E-state index is 0.399. The summed E-state index contributed by atoms with van der Waals surface area (Å²) in [5, 5.41) is 10.4. The van der Waals surface area contributed by atoms with Crippen molar-refractivity contribution in [3.63, 3.8) is 0 Å². The van der Waals surface area contributed by atoms with Crippen LogP contribution in [0.4, 0.5) is 5.69 Å². The predicted molar refractivity (Wildman–Crippen MR) is 111 cm³/mol. The highest BCUT2D eigenvalue weighted by Gasteiger charge is 2.16. The van der Waals surface area contributed by atoms with Gasteiger partial charge in [-0.15, -0.1) is 0 Å². The summed E-state index contributed by atoms with van der Waals surface area (Å²) in [4.78, 5) is 7.18. The molecule has 0 radical (unpaired) electrons. The second kappa shape index (κ2) is 7.58. The van der Waals surface area contributed by atoms with Gasteiger partial charge in [-0.05, 0) is 55.7 Å². The van der Waals surface area contributed by atoms with Crippen molar-refractivity contribution in [1.29, 1.82) is 5.26 Å². The molecule has 2 aromatic carbocycles. The standard InChI is InChI=1S/C22H20BrN3O/c1-15-10-21(26-8-2-3-9-26)19-7-4-16(11-20(19)25-15)14-27-22-12-18(23)6-5-17(22)13-24/h4-7,10-12H,2-3,8-9,14H2,1H3. The smallest absolute Gasteiger partial charge is 0.138 e. The van der Waals surface area contributed by atoms with Crippen molar-refractivity contribution in [3.05, 3.63) is 63.8 Å². The van der Waals surface area contributed by atoms with E-state index in [9.17, 15) is 5.26 Å². The predicted octanol–water partition coefficient (Wildman–Crippen LogP) is 5.36. The van der Waals surface area contributed by atoms with Crippen LogP contribution in [0.15, 0.2) is 46.9 Å². The van der Waals surface area contributed by atoms with Crippen molar-refractivity contribution in [2.24, 2.45) is 0 Å². The molecule has 27 heavy (non-hydrogen) atoms. The number of pyridine rings is 1. The van der Waals surface area contributed by atoms with Crippen molar-refractivity contribution < 1.29 is 4.74 Å². The molecular weight excluding hydrogens is 402 g/mol. The van der Waals surface area contributed by atoms with E-state index in [1.165, 1.54) is 23.9 Å². The highest BCUT2D eigenvalue weighted by Crippen LogP contribution is 2.30. The lowest BCUT2D eigenvalue weighted by molar-refractivity contribution is 0.305. The first-order valence-corrected chi connectivity index (χ1v) is 9.91. The van der Waals surface area contributed by atoms with Crippen molar-refractivity contribution >= 4 is 32.5 Å². The van der Waals surface area contributed by atoms with E-state index in [0.29, 0.717) is 17.9 Å². The van der Waals surface area contributed by atoms with Gasteiger partial charge in [0.15, 0.2) is 0 Å². The third-order valence-electron chi connectivity index (χ3n) is 4.89. The fraction of sp³-hybridized carbons (Fsp3) is 0.273. The quantitative estimate of drug-likeness (QED) is 0.568. The summed E-state index contributed by atoms with van der Waals surface area (Å²) >= 11 is 3.43. The molecule has 136 valence electrons. The second-order valence-corrected chi connectivity index (χ2v) is 7.79. The van der Waals surface area contributed by atoms with Gasteiger partial charge in [-0.25, -0.2) is 0 Å². The summed E-state index contributed by atoms with van der Waals surface area (Å²) in [6, 6.07) is 16.1. The molecule has 0 N–H and O–H groups in total. The summed E-state index contributed by atoms with van der Waals surface area (Å²) in [6.45, 7) is 4.67. The Morgan fingerprint density at radius 2 is 1.96 bits per heavy atom. The normalized spacial score (nSPS) is 13.7. The number of aryl methyl sites for hydroxylation is 1. The molecule has 0 aliphatic carbocycles. The Morgan fingerprint density at radius 1 is 1.15 bits per heavy atom. The lowest BCUT2D eigenvalue weighted by Crippen LogP contribution is -2.18. The molecule has 1 fully saturated rings. The average molecular weight is 422 g/mol. The molecule has 0 amide bonds. The van der Waals surface area contributed by atoms with E-state index < -0.39 is 0 Å². The van der Waals surface area contributed by atoms with Gasteiger partial charge in [-0.2, -0.15) is 5.26 Å². The van der Waals surface area contributed by atoms with Gasteiger partial charge in [-0.3, -0.25) is 4.98 Å².